The summed E-state index contributed by atoms with van der Waals surface area (Å²) in [7, 11) is 1.43. The Labute approximate surface area is 198 Å². The van der Waals surface area contributed by atoms with Crippen molar-refractivity contribution >= 4 is 11.8 Å². The van der Waals surface area contributed by atoms with Crippen LogP contribution in [0.25, 0.3) is 0 Å². The van der Waals surface area contributed by atoms with Crippen molar-refractivity contribution in [3.05, 3.63) is 70.8 Å². The van der Waals surface area contributed by atoms with Gasteiger partial charge in [-0.1, -0.05) is 18.2 Å². The topological polar surface area (TPSA) is 75.9 Å². The maximum absolute atomic E-state index is 14.2. The number of hydrogen-bond donors (Lipinski definition) is 1. The number of fused-ring (bicyclic) bond motifs is 2. The molecule has 2 aliphatic heterocycles. The molecule has 34 heavy (non-hydrogen) atoms. The van der Waals surface area contributed by atoms with Gasteiger partial charge in [0.15, 0.2) is 0 Å². The number of piperidine rings is 1. The van der Waals surface area contributed by atoms with E-state index in [2.05, 4.69) is 11.0 Å². The molecule has 2 aromatic rings. The molecule has 0 radical (unpaired) electrons. The van der Waals surface area contributed by atoms with Crippen molar-refractivity contribution in [3.63, 3.8) is 0 Å². The van der Waals surface area contributed by atoms with Gasteiger partial charge in [0.1, 0.15) is 18.2 Å². The standard InChI is InChI=1S/C26H31F2N3O3/c1-34-16-25(32)30(15-22-23(27)6-3-7-24(22)28)10-11-31-20-8-9-21(31)14-19(13-20)17-4-2-5-18(12-17)26(29)33/h2-7,12,19-21H,8-11,13-16H2,1H3,(H2,29,33)/t19-,20+,21-. The largest absolute Gasteiger partial charge is 0.375 e. The highest BCUT2D eigenvalue weighted by Gasteiger charge is 2.41. The Hall–Kier alpha value is -2.84. The predicted octanol–water partition coefficient (Wildman–Crippen LogP) is 3.45. The number of ether oxygens (including phenoxy) is 1. The van der Waals surface area contributed by atoms with E-state index in [0.717, 1.165) is 31.2 Å². The van der Waals surface area contributed by atoms with Crippen LogP contribution >= 0.6 is 0 Å². The summed E-state index contributed by atoms with van der Waals surface area (Å²) in [4.78, 5) is 28.1. The summed E-state index contributed by atoms with van der Waals surface area (Å²) >= 11 is 0. The zero-order valence-electron chi connectivity index (χ0n) is 19.4. The second-order valence-electron chi connectivity index (χ2n) is 9.23. The first-order valence-corrected chi connectivity index (χ1v) is 11.7. The quantitative estimate of drug-likeness (QED) is 0.608. The molecule has 2 bridgehead atoms. The minimum absolute atomic E-state index is 0.108. The van der Waals surface area contributed by atoms with Gasteiger partial charge in [0.05, 0.1) is 6.54 Å². The SMILES string of the molecule is COCC(=O)N(CCN1[C@@H]2CC[C@H]1C[C@@H](c1cccc(C(N)=O)c1)C2)Cc1c(F)cccc1F. The second-order valence-corrected chi connectivity index (χ2v) is 9.23. The van der Waals surface area contributed by atoms with Crippen molar-refractivity contribution in [1.29, 1.82) is 0 Å². The van der Waals surface area contributed by atoms with Crippen LogP contribution < -0.4 is 5.73 Å². The third-order valence-electron chi connectivity index (χ3n) is 7.19. The number of nitrogens with two attached hydrogens (primary N) is 1. The number of methoxy groups -OCH3 is 1. The van der Waals surface area contributed by atoms with Gasteiger partial charge in [-0.3, -0.25) is 14.5 Å². The molecule has 2 heterocycles. The fraction of sp³-hybridized carbons (Fsp3) is 0.462. The van der Waals surface area contributed by atoms with Gasteiger partial charge < -0.3 is 15.4 Å². The lowest BCUT2D eigenvalue weighted by atomic mass is 9.84. The van der Waals surface area contributed by atoms with Crippen LogP contribution in [0.2, 0.25) is 0 Å². The third kappa shape index (κ3) is 5.28. The van der Waals surface area contributed by atoms with Crippen molar-refractivity contribution in [2.24, 2.45) is 5.73 Å². The molecule has 4 rings (SSSR count). The molecule has 3 atom stereocenters. The van der Waals surface area contributed by atoms with E-state index < -0.39 is 17.5 Å². The van der Waals surface area contributed by atoms with Crippen molar-refractivity contribution in [2.75, 3.05) is 26.8 Å². The molecule has 2 N–H and O–H groups in total. The molecule has 2 amide bonds. The normalized spacial score (nSPS) is 22.0. The van der Waals surface area contributed by atoms with E-state index in [1.807, 2.05) is 12.1 Å². The Morgan fingerprint density at radius 3 is 2.35 bits per heavy atom. The molecule has 0 unspecified atom stereocenters. The van der Waals surface area contributed by atoms with Gasteiger partial charge in [0.2, 0.25) is 11.8 Å². The first-order valence-electron chi connectivity index (χ1n) is 11.7. The number of hydrogen-bond acceptors (Lipinski definition) is 4. The van der Waals surface area contributed by atoms with Crippen LogP contribution in [0.1, 0.15) is 53.1 Å². The maximum atomic E-state index is 14.2. The van der Waals surface area contributed by atoms with Gasteiger partial charge in [0, 0.05) is 43.4 Å². The van der Waals surface area contributed by atoms with E-state index in [-0.39, 0.29) is 24.6 Å². The molecule has 2 aromatic carbocycles. The number of carbonyl (C=O) groups is 2. The van der Waals surface area contributed by atoms with Crippen molar-refractivity contribution in [1.82, 2.24) is 9.80 Å². The molecule has 8 heteroatoms. The van der Waals surface area contributed by atoms with Gasteiger partial charge >= 0.3 is 0 Å². The van der Waals surface area contributed by atoms with Crippen LogP contribution in [-0.2, 0) is 16.1 Å². The number of benzene rings is 2. The number of amides is 2. The van der Waals surface area contributed by atoms with Crippen LogP contribution in [0.3, 0.4) is 0 Å². The average molecular weight is 472 g/mol. The van der Waals surface area contributed by atoms with Crippen molar-refractivity contribution < 1.29 is 23.1 Å². The van der Waals surface area contributed by atoms with Gasteiger partial charge in [-0.2, -0.15) is 0 Å². The highest BCUT2D eigenvalue weighted by molar-refractivity contribution is 5.92. The van der Waals surface area contributed by atoms with Crippen LogP contribution in [-0.4, -0.2) is 60.5 Å². The molecule has 0 aromatic heterocycles. The number of nitrogens with zero attached hydrogens (tertiary/aromatic N) is 2. The number of primary amides is 1. The molecule has 0 saturated carbocycles. The Balaban J connectivity index is 1.43. The van der Waals surface area contributed by atoms with Gasteiger partial charge in [-0.05, 0) is 61.4 Å². The summed E-state index contributed by atoms with van der Waals surface area (Å²) in [5, 5.41) is 0. The molecule has 0 aliphatic carbocycles. The van der Waals surface area contributed by atoms with Crippen LogP contribution in [0.5, 0.6) is 0 Å². The molecule has 2 saturated heterocycles. The van der Waals surface area contributed by atoms with Gasteiger partial charge in [-0.25, -0.2) is 8.78 Å². The average Bonchev–Trinajstić information content (AvgIpc) is 3.05. The minimum Gasteiger partial charge on any atom is -0.375 e. The van der Waals surface area contributed by atoms with E-state index in [0.29, 0.717) is 36.7 Å². The van der Waals surface area contributed by atoms with E-state index >= 15 is 0 Å². The Morgan fingerprint density at radius 2 is 1.74 bits per heavy atom. The van der Waals surface area contributed by atoms with E-state index in [9.17, 15) is 18.4 Å². The zero-order valence-corrected chi connectivity index (χ0v) is 19.4. The fourth-order valence-electron chi connectivity index (χ4n) is 5.47. The summed E-state index contributed by atoms with van der Waals surface area (Å²) < 4.78 is 33.4. The summed E-state index contributed by atoms with van der Waals surface area (Å²) in [5.74, 6) is -1.68. The lowest BCUT2D eigenvalue weighted by molar-refractivity contribution is -0.136. The van der Waals surface area contributed by atoms with Crippen LogP contribution in [0.15, 0.2) is 42.5 Å². The molecule has 182 valence electrons. The number of halogens is 2. The summed E-state index contributed by atoms with van der Waals surface area (Å²) in [6.45, 7) is 0.729. The Kier molecular flexibility index (Phi) is 7.58. The number of rotatable bonds is 9. The Bertz CT molecular complexity index is 1010. The molecule has 2 fully saturated rings. The van der Waals surface area contributed by atoms with Crippen molar-refractivity contribution in [3.8, 4) is 0 Å². The van der Waals surface area contributed by atoms with E-state index in [1.165, 1.54) is 30.2 Å². The van der Waals surface area contributed by atoms with E-state index in [1.54, 1.807) is 6.07 Å². The van der Waals surface area contributed by atoms with E-state index in [4.69, 9.17) is 10.5 Å². The third-order valence-corrected chi connectivity index (χ3v) is 7.19. The fourth-order valence-corrected chi connectivity index (χ4v) is 5.47. The summed E-state index contributed by atoms with van der Waals surface area (Å²) in [5.41, 5.74) is 7.01. The summed E-state index contributed by atoms with van der Waals surface area (Å²) in [6.07, 6.45) is 4.08. The second kappa shape index (κ2) is 10.6. The molecular formula is C26H31F2N3O3. The zero-order chi connectivity index (χ0) is 24.2. The lowest BCUT2D eigenvalue weighted by Gasteiger charge is -2.40. The number of carbonyl (C=O) groups excluding carboxylic acids is 2. The minimum atomic E-state index is -0.658. The predicted molar refractivity (Wildman–Crippen MR) is 124 cm³/mol. The molecule has 6 nitrogen and oxygen atoms in total. The van der Waals surface area contributed by atoms with Gasteiger partial charge in [-0.15, -0.1) is 0 Å². The van der Waals surface area contributed by atoms with Crippen LogP contribution in [0, 0.1) is 11.6 Å². The molecular weight excluding hydrogens is 440 g/mol. The van der Waals surface area contributed by atoms with Gasteiger partial charge in [0.25, 0.3) is 0 Å². The maximum Gasteiger partial charge on any atom is 0.248 e. The van der Waals surface area contributed by atoms with Crippen LogP contribution in [0.4, 0.5) is 8.78 Å². The highest BCUT2D eigenvalue weighted by Crippen LogP contribution is 2.43. The molecule has 0 spiro atoms. The first-order chi connectivity index (χ1) is 16.4. The summed E-state index contributed by atoms with van der Waals surface area (Å²) in [6, 6.07) is 12.0. The first kappa shape index (κ1) is 24.3. The lowest BCUT2D eigenvalue weighted by Crippen LogP contribution is -2.47. The molecule has 2 aliphatic rings. The monoisotopic (exact) mass is 471 g/mol. The smallest absolute Gasteiger partial charge is 0.248 e. The Morgan fingerprint density at radius 1 is 1.09 bits per heavy atom. The van der Waals surface area contributed by atoms with Crippen molar-refractivity contribution in [2.45, 2.75) is 50.2 Å². The highest BCUT2D eigenvalue weighted by atomic mass is 19.1.